The first-order valence-corrected chi connectivity index (χ1v) is 6.58. The zero-order chi connectivity index (χ0) is 13.2. The van der Waals surface area contributed by atoms with E-state index in [1.807, 2.05) is 35.7 Å². The molecule has 94 valence electrons. The van der Waals surface area contributed by atoms with Gasteiger partial charge >= 0.3 is 0 Å². The number of benzene rings is 2. The second-order valence-electron chi connectivity index (χ2n) is 4.06. The first-order chi connectivity index (χ1) is 9.22. The molecule has 3 aromatic rings. The van der Waals surface area contributed by atoms with Gasteiger partial charge in [0.1, 0.15) is 16.6 Å². The minimum absolute atomic E-state index is 0.463. The van der Waals surface area contributed by atoms with Gasteiger partial charge in [-0.05, 0) is 12.1 Å². The molecule has 1 aromatic heterocycles. The molecule has 0 unspecified atom stereocenters. The van der Waals surface area contributed by atoms with Crippen molar-refractivity contribution >= 4 is 11.3 Å². The molecule has 0 spiro atoms. The predicted octanol–water partition coefficient (Wildman–Crippen LogP) is 4.76. The van der Waals surface area contributed by atoms with E-state index in [-0.39, 0.29) is 0 Å². The van der Waals surface area contributed by atoms with Crippen LogP contribution in [0.5, 0.6) is 0 Å². The lowest BCUT2D eigenvalue weighted by Crippen LogP contribution is -1.84. The Morgan fingerprint density at radius 3 is 2.21 bits per heavy atom. The third kappa shape index (κ3) is 2.53. The molecule has 0 amide bonds. The van der Waals surface area contributed by atoms with Crippen LogP contribution in [0.4, 0.5) is 8.78 Å². The van der Waals surface area contributed by atoms with Crippen molar-refractivity contribution in [3.63, 3.8) is 0 Å². The van der Waals surface area contributed by atoms with Crippen molar-refractivity contribution in [2.45, 2.75) is 0 Å². The van der Waals surface area contributed by atoms with E-state index in [2.05, 4.69) is 4.98 Å². The summed E-state index contributed by atoms with van der Waals surface area (Å²) in [5.74, 6) is -1.18. The van der Waals surface area contributed by atoms with Crippen molar-refractivity contribution in [1.82, 2.24) is 4.98 Å². The van der Waals surface area contributed by atoms with E-state index >= 15 is 0 Å². The van der Waals surface area contributed by atoms with Gasteiger partial charge in [0.15, 0.2) is 0 Å². The largest absolute Gasteiger partial charge is 0.236 e. The molecule has 0 N–H and O–H groups in total. The fourth-order valence-electron chi connectivity index (χ4n) is 1.83. The Morgan fingerprint density at radius 1 is 0.842 bits per heavy atom. The number of aromatic nitrogens is 1. The Labute approximate surface area is 113 Å². The van der Waals surface area contributed by atoms with Gasteiger partial charge in [-0.15, -0.1) is 11.3 Å². The maximum Gasteiger partial charge on any atom is 0.126 e. The van der Waals surface area contributed by atoms with Gasteiger partial charge in [-0.2, -0.15) is 0 Å². The lowest BCUT2D eigenvalue weighted by atomic mass is 10.2. The number of hydrogen-bond acceptors (Lipinski definition) is 2. The third-order valence-corrected chi connectivity index (χ3v) is 3.57. The summed E-state index contributed by atoms with van der Waals surface area (Å²) in [6.45, 7) is 0. The van der Waals surface area contributed by atoms with Gasteiger partial charge in [-0.25, -0.2) is 13.8 Å². The highest BCUT2D eigenvalue weighted by Gasteiger charge is 2.08. The summed E-state index contributed by atoms with van der Waals surface area (Å²) in [5.41, 5.74) is 2.26. The first kappa shape index (κ1) is 12.0. The third-order valence-electron chi connectivity index (χ3n) is 2.68. The van der Waals surface area contributed by atoms with E-state index in [1.165, 1.54) is 23.5 Å². The smallest absolute Gasteiger partial charge is 0.126 e. The Bertz CT molecular complexity index is 687. The van der Waals surface area contributed by atoms with Crippen LogP contribution in [0.2, 0.25) is 0 Å². The van der Waals surface area contributed by atoms with Crippen LogP contribution in [0.25, 0.3) is 21.8 Å². The minimum atomic E-state index is -0.591. The number of rotatable bonds is 2. The molecule has 0 bridgehead atoms. The molecule has 0 radical (unpaired) electrons. The van der Waals surface area contributed by atoms with Crippen molar-refractivity contribution in [2.75, 3.05) is 0 Å². The Hall–Kier alpha value is -2.07. The maximum atomic E-state index is 13.2. The molecule has 1 heterocycles. The molecule has 19 heavy (non-hydrogen) atoms. The monoisotopic (exact) mass is 273 g/mol. The average Bonchev–Trinajstić information content (AvgIpc) is 2.88. The van der Waals surface area contributed by atoms with Crippen LogP contribution in [-0.2, 0) is 0 Å². The molecule has 1 nitrogen and oxygen atoms in total. The maximum absolute atomic E-state index is 13.2. The van der Waals surface area contributed by atoms with E-state index < -0.39 is 11.6 Å². The molecule has 0 saturated heterocycles. The fraction of sp³-hybridized carbons (Fsp3) is 0. The molecule has 4 heteroatoms. The Kier molecular flexibility index (Phi) is 3.09. The average molecular weight is 273 g/mol. The summed E-state index contributed by atoms with van der Waals surface area (Å²) in [7, 11) is 0. The van der Waals surface area contributed by atoms with Crippen molar-refractivity contribution in [3.05, 3.63) is 65.5 Å². The number of hydrogen-bond donors (Lipinski definition) is 0. The number of halogens is 2. The first-order valence-electron chi connectivity index (χ1n) is 5.70. The molecule has 0 atom stereocenters. The highest BCUT2D eigenvalue weighted by Crippen LogP contribution is 2.29. The summed E-state index contributed by atoms with van der Waals surface area (Å²) in [5, 5.41) is 2.49. The summed E-state index contributed by atoms with van der Waals surface area (Å²) in [6, 6.07) is 13.1. The summed E-state index contributed by atoms with van der Waals surface area (Å²) >= 11 is 1.37. The SMILES string of the molecule is Fc1cc(F)cc(-c2nc(-c3ccccc3)cs2)c1. The van der Waals surface area contributed by atoms with Crippen molar-refractivity contribution in [3.8, 4) is 21.8 Å². The van der Waals surface area contributed by atoms with Gasteiger partial charge < -0.3 is 0 Å². The number of thiazole rings is 1. The fourth-order valence-corrected chi connectivity index (χ4v) is 2.64. The van der Waals surface area contributed by atoms with Crippen LogP contribution in [0.3, 0.4) is 0 Å². The zero-order valence-corrected chi connectivity index (χ0v) is 10.6. The van der Waals surface area contributed by atoms with E-state index in [4.69, 9.17) is 0 Å². The van der Waals surface area contributed by atoms with Crippen LogP contribution < -0.4 is 0 Å². The van der Waals surface area contributed by atoms with Crippen LogP contribution in [0, 0.1) is 11.6 Å². The van der Waals surface area contributed by atoms with Gasteiger partial charge in [0.2, 0.25) is 0 Å². The molecular weight excluding hydrogens is 264 g/mol. The zero-order valence-electron chi connectivity index (χ0n) is 9.81. The van der Waals surface area contributed by atoms with Gasteiger partial charge in [0, 0.05) is 22.6 Å². The van der Waals surface area contributed by atoms with E-state index in [1.54, 1.807) is 0 Å². The Balaban J connectivity index is 2.02. The molecule has 2 aromatic carbocycles. The highest BCUT2D eigenvalue weighted by molar-refractivity contribution is 7.13. The molecule has 0 aliphatic rings. The highest BCUT2D eigenvalue weighted by atomic mass is 32.1. The molecule has 3 rings (SSSR count). The lowest BCUT2D eigenvalue weighted by Gasteiger charge is -1.98. The predicted molar refractivity (Wildman–Crippen MR) is 72.9 cm³/mol. The van der Waals surface area contributed by atoms with Crippen LogP contribution >= 0.6 is 11.3 Å². The van der Waals surface area contributed by atoms with E-state index in [0.717, 1.165) is 17.3 Å². The van der Waals surface area contributed by atoms with E-state index in [0.29, 0.717) is 10.6 Å². The summed E-state index contributed by atoms with van der Waals surface area (Å²) in [6.07, 6.45) is 0. The number of nitrogens with zero attached hydrogens (tertiary/aromatic N) is 1. The molecule has 0 aliphatic carbocycles. The van der Waals surface area contributed by atoms with Crippen molar-refractivity contribution < 1.29 is 8.78 Å². The normalized spacial score (nSPS) is 10.6. The molecule has 0 fully saturated rings. The quantitative estimate of drug-likeness (QED) is 0.656. The van der Waals surface area contributed by atoms with Crippen LogP contribution in [0.1, 0.15) is 0 Å². The second-order valence-corrected chi connectivity index (χ2v) is 4.92. The Morgan fingerprint density at radius 2 is 1.53 bits per heavy atom. The minimum Gasteiger partial charge on any atom is -0.236 e. The summed E-state index contributed by atoms with van der Waals surface area (Å²) in [4.78, 5) is 4.42. The van der Waals surface area contributed by atoms with Crippen molar-refractivity contribution in [2.24, 2.45) is 0 Å². The van der Waals surface area contributed by atoms with Gasteiger partial charge in [0.25, 0.3) is 0 Å². The molecular formula is C15H9F2NS. The lowest BCUT2D eigenvalue weighted by molar-refractivity contribution is 0.584. The molecule has 0 saturated carbocycles. The van der Waals surface area contributed by atoms with Crippen molar-refractivity contribution in [1.29, 1.82) is 0 Å². The summed E-state index contributed by atoms with van der Waals surface area (Å²) < 4.78 is 26.4. The standard InChI is InChI=1S/C15H9F2NS/c16-12-6-11(7-13(17)8-12)15-18-14(9-19-15)10-4-2-1-3-5-10/h1-9H. The van der Waals surface area contributed by atoms with Crippen LogP contribution in [-0.4, -0.2) is 4.98 Å². The van der Waals surface area contributed by atoms with E-state index in [9.17, 15) is 8.78 Å². The van der Waals surface area contributed by atoms with Gasteiger partial charge in [0.05, 0.1) is 5.69 Å². The molecule has 0 aliphatic heterocycles. The van der Waals surface area contributed by atoms with Crippen LogP contribution in [0.15, 0.2) is 53.9 Å². The van der Waals surface area contributed by atoms with Gasteiger partial charge in [-0.3, -0.25) is 0 Å². The topological polar surface area (TPSA) is 12.9 Å². The van der Waals surface area contributed by atoms with Gasteiger partial charge in [-0.1, -0.05) is 30.3 Å². The second kappa shape index (κ2) is 4.90.